The fourth-order valence-corrected chi connectivity index (χ4v) is 4.99. The first-order valence-electron chi connectivity index (χ1n) is 11.0. The van der Waals surface area contributed by atoms with Gasteiger partial charge < -0.3 is 19.0 Å². The Kier molecular flexibility index (Phi) is 5.54. The van der Waals surface area contributed by atoms with Crippen LogP contribution in [-0.4, -0.2) is 32.7 Å². The lowest BCUT2D eigenvalue weighted by Gasteiger charge is -2.43. The van der Waals surface area contributed by atoms with Gasteiger partial charge in [0.2, 0.25) is 0 Å². The Morgan fingerprint density at radius 3 is 2.62 bits per heavy atom. The fraction of sp³-hybridized carbons (Fsp3) is 0.280. The maximum absolute atomic E-state index is 15.0. The zero-order valence-corrected chi connectivity index (χ0v) is 19.4. The second-order valence-corrected chi connectivity index (χ2v) is 8.84. The number of hydrogen-bond donors (Lipinski definition) is 0. The topological polar surface area (TPSA) is 55.0 Å². The predicted molar refractivity (Wildman–Crippen MR) is 131 cm³/mol. The Morgan fingerprint density at radius 2 is 2.00 bits per heavy atom. The van der Waals surface area contributed by atoms with Crippen LogP contribution in [0.1, 0.15) is 24.8 Å². The summed E-state index contributed by atoms with van der Waals surface area (Å²) in [5.41, 5.74) is 0.862. The first kappa shape index (κ1) is 22.0. The van der Waals surface area contributed by atoms with Crippen molar-refractivity contribution in [2.24, 2.45) is 0 Å². The Balaban J connectivity index is 1.42. The Labute approximate surface area is 202 Å². The fourth-order valence-electron chi connectivity index (χ4n) is 4.53. The summed E-state index contributed by atoms with van der Waals surface area (Å²) in [6, 6.07) is 10.3. The number of carbonyl (C=O) groups is 1. The summed E-state index contributed by atoms with van der Waals surface area (Å²) in [7, 11) is 0. The average molecular weight is 476 g/mol. The normalized spacial score (nSPS) is 16.6. The van der Waals surface area contributed by atoms with Gasteiger partial charge in [0.05, 0.1) is 12.2 Å². The number of ether oxygens (including phenoxy) is 1. The minimum Gasteiger partial charge on any atom is -0.489 e. The monoisotopic (exact) mass is 475 g/mol. The summed E-state index contributed by atoms with van der Waals surface area (Å²) in [5.74, 6) is -0.215. The molecule has 2 fully saturated rings. The van der Waals surface area contributed by atoms with Crippen LogP contribution in [0.2, 0.25) is 0 Å². The quantitative estimate of drug-likeness (QED) is 0.370. The van der Waals surface area contributed by atoms with Gasteiger partial charge in [-0.3, -0.25) is 9.69 Å². The number of rotatable bonds is 6. The van der Waals surface area contributed by atoms with E-state index in [9.17, 15) is 9.18 Å². The number of carbonyl (C=O) groups excluding carboxylic acids is 1. The third-order valence-corrected chi connectivity index (χ3v) is 6.80. The van der Waals surface area contributed by atoms with Crippen molar-refractivity contribution >= 4 is 40.4 Å². The van der Waals surface area contributed by atoms with Gasteiger partial charge in [-0.05, 0) is 74.3 Å². The SMILES string of the molecule is [C-]#[N+]c1ncc(N2C(=O)C3(CCC3)N(c3ccc(OCCn4cccc4)c(F)c3)C2=S)cc1C. The summed E-state index contributed by atoms with van der Waals surface area (Å²) < 4.78 is 22.6. The summed E-state index contributed by atoms with van der Waals surface area (Å²) in [6.07, 6.45) is 7.48. The highest BCUT2D eigenvalue weighted by atomic mass is 32.1. The summed E-state index contributed by atoms with van der Waals surface area (Å²) in [5, 5.41) is 0.280. The molecule has 0 atom stereocenters. The van der Waals surface area contributed by atoms with Crippen molar-refractivity contribution in [3.8, 4) is 5.75 Å². The Hall–Kier alpha value is -3.77. The zero-order chi connectivity index (χ0) is 23.9. The lowest BCUT2D eigenvalue weighted by molar-refractivity contribution is -0.123. The summed E-state index contributed by atoms with van der Waals surface area (Å²) in [4.78, 5) is 24.3. The molecule has 5 rings (SSSR count). The number of nitrogens with zero attached hydrogens (tertiary/aromatic N) is 5. The van der Waals surface area contributed by atoms with E-state index in [1.165, 1.54) is 17.2 Å². The largest absolute Gasteiger partial charge is 0.489 e. The lowest BCUT2D eigenvalue weighted by Crippen LogP contribution is -2.55. The maximum atomic E-state index is 15.0. The molecule has 1 saturated carbocycles. The smallest absolute Gasteiger partial charge is 0.272 e. The van der Waals surface area contributed by atoms with Gasteiger partial charge in [0.1, 0.15) is 18.3 Å². The first-order valence-corrected chi connectivity index (χ1v) is 11.4. The van der Waals surface area contributed by atoms with Crippen molar-refractivity contribution < 1.29 is 13.9 Å². The van der Waals surface area contributed by atoms with E-state index in [4.69, 9.17) is 23.5 Å². The Bertz CT molecular complexity index is 1310. The van der Waals surface area contributed by atoms with Crippen molar-refractivity contribution in [1.82, 2.24) is 9.55 Å². The number of amides is 1. The second-order valence-electron chi connectivity index (χ2n) is 8.47. The van der Waals surface area contributed by atoms with Gasteiger partial charge >= 0.3 is 0 Å². The van der Waals surface area contributed by atoms with Crippen molar-refractivity contribution in [2.45, 2.75) is 38.3 Å². The van der Waals surface area contributed by atoms with Crippen LogP contribution in [0, 0.1) is 19.3 Å². The van der Waals surface area contributed by atoms with E-state index in [-0.39, 0.29) is 22.6 Å². The molecule has 0 N–H and O–H groups in total. The molecule has 0 unspecified atom stereocenters. The Morgan fingerprint density at radius 1 is 1.24 bits per heavy atom. The van der Waals surface area contributed by atoms with Crippen molar-refractivity contribution in [1.29, 1.82) is 0 Å². The maximum Gasteiger partial charge on any atom is 0.272 e. The molecule has 172 valence electrons. The molecule has 7 nitrogen and oxygen atoms in total. The number of hydrogen-bond acceptors (Lipinski definition) is 4. The minimum atomic E-state index is -0.827. The highest BCUT2D eigenvalue weighted by Crippen LogP contribution is 2.48. The van der Waals surface area contributed by atoms with Crippen LogP contribution < -0.4 is 14.5 Å². The molecule has 0 bridgehead atoms. The second kappa shape index (κ2) is 8.54. The molecule has 1 saturated heterocycles. The van der Waals surface area contributed by atoms with Gasteiger partial charge in [-0.15, -0.1) is 4.98 Å². The highest BCUT2D eigenvalue weighted by molar-refractivity contribution is 7.81. The van der Waals surface area contributed by atoms with E-state index in [0.717, 1.165) is 6.42 Å². The number of halogens is 1. The zero-order valence-electron chi connectivity index (χ0n) is 18.6. The minimum absolute atomic E-state index is 0.145. The van der Waals surface area contributed by atoms with Crippen molar-refractivity contribution in [3.63, 3.8) is 0 Å². The third kappa shape index (κ3) is 3.51. The van der Waals surface area contributed by atoms with Crippen LogP contribution in [0.5, 0.6) is 5.75 Å². The van der Waals surface area contributed by atoms with E-state index in [1.54, 1.807) is 30.0 Å². The number of aromatic nitrogens is 2. The summed E-state index contributed by atoms with van der Waals surface area (Å²) >= 11 is 5.73. The molecule has 9 heteroatoms. The molecule has 2 aromatic heterocycles. The molecule has 1 aliphatic carbocycles. The van der Waals surface area contributed by atoms with E-state index in [2.05, 4.69) is 9.83 Å². The van der Waals surface area contributed by atoms with Crippen molar-refractivity contribution in [2.75, 3.05) is 16.4 Å². The highest BCUT2D eigenvalue weighted by Gasteiger charge is 2.59. The van der Waals surface area contributed by atoms with Crippen molar-refractivity contribution in [3.05, 3.63) is 77.8 Å². The van der Waals surface area contributed by atoms with Gasteiger partial charge in [0.15, 0.2) is 16.7 Å². The molecule has 3 heterocycles. The van der Waals surface area contributed by atoms with Gasteiger partial charge in [-0.25, -0.2) is 4.39 Å². The molecule has 3 aromatic rings. The number of pyridine rings is 1. The molecule has 1 amide bonds. The summed E-state index contributed by atoms with van der Waals surface area (Å²) in [6.45, 7) is 9.92. The van der Waals surface area contributed by atoms with Gasteiger partial charge in [-0.1, -0.05) is 6.57 Å². The molecule has 34 heavy (non-hydrogen) atoms. The molecule has 1 spiro atoms. The standard InChI is InChI=1S/C25H22FN5O2S/c1-17-14-19(16-28-22(17)27-2)30-23(32)25(8-5-9-25)31(24(30)34)18-6-7-21(20(26)15-18)33-13-12-29-10-3-4-11-29/h3-4,6-7,10-11,14-16H,5,8-9,12-13H2,1H3. The molecule has 1 aromatic carbocycles. The van der Waals surface area contributed by atoms with E-state index >= 15 is 0 Å². The van der Waals surface area contributed by atoms with Crippen LogP contribution in [0.15, 0.2) is 55.0 Å². The molecular formula is C25H22FN5O2S. The lowest BCUT2D eigenvalue weighted by atomic mass is 9.75. The number of aryl methyl sites for hydroxylation is 1. The van der Waals surface area contributed by atoms with E-state index in [1.807, 2.05) is 29.1 Å². The number of thiocarbonyl (C=S) groups is 1. The van der Waals surface area contributed by atoms with Gasteiger partial charge in [-0.2, -0.15) is 0 Å². The van der Waals surface area contributed by atoms with Gasteiger partial charge in [0.25, 0.3) is 11.7 Å². The van der Waals surface area contributed by atoms with Gasteiger partial charge in [0, 0.05) is 24.1 Å². The number of anilines is 2. The number of benzene rings is 1. The van der Waals surface area contributed by atoms with Crippen LogP contribution in [0.4, 0.5) is 21.6 Å². The molecule has 1 aliphatic heterocycles. The molecule has 2 aliphatic rings. The van der Waals surface area contributed by atoms with E-state index < -0.39 is 11.4 Å². The molecule has 0 radical (unpaired) electrons. The predicted octanol–water partition coefficient (Wildman–Crippen LogP) is 5.02. The average Bonchev–Trinajstić information content (AvgIpc) is 3.38. The van der Waals surface area contributed by atoms with Crippen LogP contribution in [0.3, 0.4) is 0 Å². The van der Waals surface area contributed by atoms with Crippen LogP contribution >= 0.6 is 12.2 Å². The third-order valence-electron chi connectivity index (χ3n) is 6.44. The molecular weight excluding hydrogens is 453 g/mol. The van der Waals surface area contributed by atoms with E-state index in [0.29, 0.717) is 42.9 Å². The van der Waals surface area contributed by atoms with Crippen LogP contribution in [0.25, 0.3) is 4.85 Å². The van der Waals surface area contributed by atoms with Crippen LogP contribution in [-0.2, 0) is 11.3 Å². The first-order chi connectivity index (χ1) is 16.4.